The highest BCUT2D eigenvalue weighted by Crippen LogP contribution is 2.28. The monoisotopic (exact) mass is 315 g/mol. The van der Waals surface area contributed by atoms with E-state index in [0.717, 1.165) is 12.8 Å². The van der Waals surface area contributed by atoms with Crippen molar-refractivity contribution in [1.82, 2.24) is 5.32 Å². The van der Waals surface area contributed by atoms with Crippen LogP contribution in [-0.4, -0.2) is 12.0 Å². The van der Waals surface area contributed by atoms with E-state index in [-0.39, 0.29) is 18.1 Å². The second-order valence-corrected chi connectivity index (χ2v) is 7.13. The van der Waals surface area contributed by atoms with Gasteiger partial charge in [0.2, 0.25) is 0 Å². The van der Waals surface area contributed by atoms with Crippen LogP contribution in [0.3, 0.4) is 0 Å². The van der Waals surface area contributed by atoms with Crippen molar-refractivity contribution in [1.29, 1.82) is 0 Å². The number of benzene rings is 1. The smallest absolute Gasteiger partial charge is 0.255 e. The first-order valence-corrected chi connectivity index (χ1v) is 8.58. The Labute approximate surface area is 135 Å². The number of nitrogens with one attached hydrogen (secondary N) is 1. The third-order valence-corrected chi connectivity index (χ3v) is 5.20. The molecule has 2 aromatic rings. The maximum absolute atomic E-state index is 12.6. The normalized spacial score (nSPS) is 15.9. The van der Waals surface area contributed by atoms with Gasteiger partial charge in [0.1, 0.15) is 5.75 Å². The number of aryl methyl sites for hydroxylation is 1. The van der Waals surface area contributed by atoms with Crippen LogP contribution in [0.1, 0.15) is 52.3 Å². The lowest BCUT2D eigenvalue weighted by molar-refractivity contribution is 0.0916. The largest absolute Gasteiger partial charge is 0.490 e. The summed E-state index contributed by atoms with van der Waals surface area (Å²) < 4.78 is 5.94. The number of hydrogen-bond acceptors (Lipinski definition) is 3. The number of para-hydroxylation sites is 1. The fraction of sp³-hybridized carbons (Fsp3) is 0.389. The van der Waals surface area contributed by atoms with Gasteiger partial charge >= 0.3 is 0 Å². The lowest BCUT2D eigenvalue weighted by atomic mass is 9.96. The zero-order valence-electron chi connectivity index (χ0n) is 13.0. The van der Waals surface area contributed by atoms with Crippen molar-refractivity contribution in [2.24, 2.45) is 0 Å². The molecule has 3 rings (SSSR count). The summed E-state index contributed by atoms with van der Waals surface area (Å²) in [5.74, 6) is 0.618. The lowest BCUT2D eigenvalue weighted by Crippen LogP contribution is -2.29. The van der Waals surface area contributed by atoms with Crippen LogP contribution in [0.4, 0.5) is 0 Å². The van der Waals surface area contributed by atoms with E-state index in [4.69, 9.17) is 4.74 Å². The van der Waals surface area contributed by atoms with E-state index in [2.05, 4.69) is 24.4 Å². The number of thiophene rings is 1. The van der Waals surface area contributed by atoms with Crippen molar-refractivity contribution in [3.05, 3.63) is 51.7 Å². The first kappa shape index (κ1) is 15.1. The summed E-state index contributed by atoms with van der Waals surface area (Å²) in [4.78, 5) is 15.0. The maximum Gasteiger partial charge on any atom is 0.255 e. The Bertz CT molecular complexity index is 661. The van der Waals surface area contributed by atoms with Crippen molar-refractivity contribution >= 4 is 17.2 Å². The molecule has 1 atom stereocenters. The van der Waals surface area contributed by atoms with Crippen LogP contribution in [0.2, 0.25) is 0 Å². The van der Waals surface area contributed by atoms with Crippen molar-refractivity contribution in [3.63, 3.8) is 0 Å². The molecule has 116 valence electrons. The number of carbonyl (C=O) groups excluding carboxylic acids is 1. The minimum absolute atomic E-state index is 0.00274. The SMILES string of the molecule is Cc1ccc(C(C)NC(=O)c2ccccc2OC2CCC2)s1. The summed E-state index contributed by atoms with van der Waals surface area (Å²) >= 11 is 1.71. The topological polar surface area (TPSA) is 38.3 Å². The second-order valence-electron chi connectivity index (χ2n) is 5.81. The summed E-state index contributed by atoms with van der Waals surface area (Å²) in [6, 6.07) is 11.7. The Balaban J connectivity index is 1.71. The van der Waals surface area contributed by atoms with Gasteiger partial charge in [0, 0.05) is 9.75 Å². The molecule has 1 aliphatic carbocycles. The predicted octanol–water partition coefficient (Wildman–Crippen LogP) is 4.48. The number of rotatable bonds is 5. The molecular formula is C18H21NO2S. The molecule has 1 amide bonds. The van der Waals surface area contributed by atoms with E-state index in [1.165, 1.54) is 16.2 Å². The first-order chi connectivity index (χ1) is 10.6. The quantitative estimate of drug-likeness (QED) is 0.883. The number of carbonyl (C=O) groups is 1. The molecule has 0 spiro atoms. The van der Waals surface area contributed by atoms with Gasteiger partial charge in [-0.2, -0.15) is 0 Å². The molecular weight excluding hydrogens is 294 g/mol. The van der Waals surface area contributed by atoms with Gasteiger partial charge in [-0.3, -0.25) is 4.79 Å². The van der Waals surface area contributed by atoms with Gasteiger partial charge in [-0.05, 0) is 57.4 Å². The Morgan fingerprint density at radius 2 is 2.05 bits per heavy atom. The minimum atomic E-state index is -0.0755. The fourth-order valence-corrected chi connectivity index (χ4v) is 3.34. The molecule has 1 heterocycles. The molecule has 0 radical (unpaired) electrons. The highest BCUT2D eigenvalue weighted by molar-refractivity contribution is 7.12. The summed E-state index contributed by atoms with van der Waals surface area (Å²) in [5.41, 5.74) is 0.620. The lowest BCUT2D eigenvalue weighted by Gasteiger charge is -2.27. The van der Waals surface area contributed by atoms with Crippen molar-refractivity contribution in [3.8, 4) is 5.75 Å². The Morgan fingerprint density at radius 1 is 1.27 bits per heavy atom. The van der Waals surface area contributed by atoms with Gasteiger partial charge in [-0.1, -0.05) is 12.1 Å². The van der Waals surface area contributed by atoms with Crippen LogP contribution in [0.5, 0.6) is 5.75 Å². The van der Waals surface area contributed by atoms with Crippen LogP contribution in [-0.2, 0) is 0 Å². The summed E-state index contributed by atoms with van der Waals surface area (Å²) in [5, 5.41) is 3.07. The molecule has 1 N–H and O–H groups in total. The Morgan fingerprint density at radius 3 is 2.68 bits per heavy atom. The fourth-order valence-electron chi connectivity index (χ4n) is 2.46. The Hall–Kier alpha value is -1.81. The second kappa shape index (κ2) is 6.53. The predicted molar refractivity (Wildman–Crippen MR) is 89.6 cm³/mol. The Kier molecular flexibility index (Phi) is 4.48. The number of amides is 1. The molecule has 4 heteroatoms. The highest BCUT2D eigenvalue weighted by Gasteiger charge is 2.22. The third kappa shape index (κ3) is 3.33. The van der Waals surface area contributed by atoms with Crippen LogP contribution in [0.25, 0.3) is 0 Å². The zero-order valence-corrected chi connectivity index (χ0v) is 13.8. The average molecular weight is 315 g/mol. The standard InChI is InChI=1S/C18H21NO2S/c1-12-10-11-17(22-12)13(2)19-18(20)15-8-3-4-9-16(15)21-14-6-5-7-14/h3-4,8-11,13-14H,5-7H2,1-2H3,(H,19,20). The molecule has 1 aromatic carbocycles. The van der Waals surface area contributed by atoms with Crippen LogP contribution < -0.4 is 10.1 Å². The molecule has 1 aliphatic rings. The highest BCUT2D eigenvalue weighted by atomic mass is 32.1. The van der Waals surface area contributed by atoms with E-state index < -0.39 is 0 Å². The molecule has 0 bridgehead atoms. The zero-order chi connectivity index (χ0) is 15.5. The van der Waals surface area contributed by atoms with E-state index >= 15 is 0 Å². The first-order valence-electron chi connectivity index (χ1n) is 7.76. The van der Waals surface area contributed by atoms with Crippen molar-refractivity contribution in [2.75, 3.05) is 0 Å². The minimum Gasteiger partial charge on any atom is -0.490 e. The van der Waals surface area contributed by atoms with Gasteiger partial charge in [0.15, 0.2) is 0 Å². The van der Waals surface area contributed by atoms with Crippen molar-refractivity contribution in [2.45, 2.75) is 45.3 Å². The van der Waals surface area contributed by atoms with E-state index in [1.807, 2.05) is 31.2 Å². The summed E-state index contributed by atoms with van der Waals surface area (Å²) in [6.07, 6.45) is 3.65. The van der Waals surface area contributed by atoms with E-state index in [1.54, 1.807) is 11.3 Å². The number of hydrogen-bond donors (Lipinski definition) is 1. The maximum atomic E-state index is 12.6. The van der Waals surface area contributed by atoms with Crippen LogP contribution >= 0.6 is 11.3 Å². The van der Waals surface area contributed by atoms with Gasteiger partial charge in [0.05, 0.1) is 17.7 Å². The van der Waals surface area contributed by atoms with Gasteiger partial charge in [-0.25, -0.2) is 0 Å². The van der Waals surface area contributed by atoms with Gasteiger partial charge in [0.25, 0.3) is 5.91 Å². The van der Waals surface area contributed by atoms with Gasteiger partial charge < -0.3 is 10.1 Å². The number of ether oxygens (including phenoxy) is 1. The van der Waals surface area contributed by atoms with Gasteiger partial charge in [-0.15, -0.1) is 11.3 Å². The third-order valence-electron chi connectivity index (χ3n) is 4.01. The molecule has 1 unspecified atom stereocenters. The van der Waals surface area contributed by atoms with Crippen LogP contribution in [0.15, 0.2) is 36.4 Å². The molecule has 3 nitrogen and oxygen atoms in total. The van der Waals surface area contributed by atoms with Crippen LogP contribution in [0, 0.1) is 6.92 Å². The molecule has 1 aromatic heterocycles. The van der Waals surface area contributed by atoms with Crippen molar-refractivity contribution < 1.29 is 9.53 Å². The van der Waals surface area contributed by atoms with E-state index in [0.29, 0.717) is 11.3 Å². The molecule has 1 fully saturated rings. The molecule has 1 saturated carbocycles. The van der Waals surface area contributed by atoms with E-state index in [9.17, 15) is 4.79 Å². The average Bonchev–Trinajstić information content (AvgIpc) is 2.90. The molecule has 0 aliphatic heterocycles. The summed E-state index contributed by atoms with van der Waals surface area (Å²) in [7, 11) is 0. The molecule has 22 heavy (non-hydrogen) atoms. The summed E-state index contributed by atoms with van der Waals surface area (Å²) in [6.45, 7) is 4.09. The molecule has 0 saturated heterocycles.